The van der Waals surface area contributed by atoms with Crippen molar-refractivity contribution in [2.45, 2.75) is 52.1 Å². The lowest BCUT2D eigenvalue weighted by atomic mass is 9.90. The molecule has 1 fully saturated rings. The maximum Gasteiger partial charge on any atom is 0.333 e. The molecule has 0 saturated carbocycles. The smallest absolute Gasteiger partial charge is 0.333 e. The number of aryl methyl sites for hydroxylation is 2. The van der Waals surface area contributed by atoms with Crippen LogP contribution in [-0.2, 0) is 6.54 Å². The van der Waals surface area contributed by atoms with Crippen molar-refractivity contribution in [3.63, 3.8) is 0 Å². The quantitative estimate of drug-likeness (QED) is 0.665. The fourth-order valence-corrected chi connectivity index (χ4v) is 2.92. The number of hydrogen-bond donors (Lipinski definition) is 1. The average Bonchev–Trinajstić information content (AvgIpc) is 2.77. The van der Waals surface area contributed by atoms with Crippen LogP contribution >= 0.6 is 0 Å². The van der Waals surface area contributed by atoms with Crippen molar-refractivity contribution in [2.24, 2.45) is 0 Å². The largest absolute Gasteiger partial charge is 0.351 e. The Morgan fingerprint density at radius 1 is 1.43 bits per heavy atom. The number of nitrogens with one attached hydrogen (secondary N) is 1. The first-order valence-electron chi connectivity index (χ1n) is 7.57. The standard InChI is InChI=1S/C14H25N5O2/c1-5-8-18-13(12(19(20)21)11(2)16-18)17-9-6-14(3,15-4)7-10-17/h15H,5-10H2,1-4H3. The van der Waals surface area contributed by atoms with Crippen molar-refractivity contribution in [2.75, 3.05) is 25.0 Å². The Morgan fingerprint density at radius 3 is 2.52 bits per heavy atom. The minimum atomic E-state index is -0.296. The molecule has 1 aliphatic heterocycles. The third-order valence-electron chi connectivity index (χ3n) is 4.46. The molecular weight excluding hydrogens is 270 g/mol. The molecular formula is C14H25N5O2. The Morgan fingerprint density at radius 2 is 2.05 bits per heavy atom. The zero-order valence-electron chi connectivity index (χ0n) is 13.3. The van der Waals surface area contributed by atoms with Gasteiger partial charge in [0.25, 0.3) is 0 Å². The minimum absolute atomic E-state index is 0.121. The summed E-state index contributed by atoms with van der Waals surface area (Å²) in [6.07, 6.45) is 2.85. The van der Waals surface area contributed by atoms with Gasteiger partial charge in [0, 0.05) is 25.2 Å². The Balaban J connectivity index is 2.32. The molecule has 0 aliphatic carbocycles. The Labute approximate surface area is 125 Å². The van der Waals surface area contributed by atoms with Gasteiger partial charge in [0.15, 0.2) is 0 Å². The third-order valence-corrected chi connectivity index (χ3v) is 4.46. The lowest BCUT2D eigenvalue weighted by Crippen LogP contribution is -2.50. The molecule has 0 unspecified atom stereocenters. The number of aromatic nitrogens is 2. The SMILES string of the molecule is CCCn1nc(C)c([N+](=O)[O-])c1N1CCC(C)(NC)CC1. The number of hydrogen-bond acceptors (Lipinski definition) is 5. The lowest BCUT2D eigenvalue weighted by molar-refractivity contribution is -0.384. The zero-order chi connectivity index (χ0) is 15.6. The number of piperidine rings is 1. The highest BCUT2D eigenvalue weighted by Crippen LogP contribution is 2.35. The summed E-state index contributed by atoms with van der Waals surface area (Å²) in [7, 11) is 1.98. The first-order chi connectivity index (χ1) is 9.91. The molecule has 21 heavy (non-hydrogen) atoms. The van der Waals surface area contributed by atoms with Crippen LogP contribution in [0.4, 0.5) is 11.5 Å². The second kappa shape index (κ2) is 6.01. The van der Waals surface area contributed by atoms with Crippen LogP contribution in [0.1, 0.15) is 38.8 Å². The van der Waals surface area contributed by atoms with Gasteiger partial charge in [-0.3, -0.25) is 10.1 Å². The van der Waals surface area contributed by atoms with Gasteiger partial charge in [-0.1, -0.05) is 6.92 Å². The molecule has 0 aromatic carbocycles. The van der Waals surface area contributed by atoms with E-state index in [2.05, 4.69) is 29.2 Å². The van der Waals surface area contributed by atoms with E-state index in [1.807, 2.05) is 7.05 Å². The van der Waals surface area contributed by atoms with Crippen molar-refractivity contribution >= 4 is 11.5 Å². The molecule has 1 aromatic heterocycles. The van der Waals surface area contributed by atoms with E-state index in [-0.39, 0.29) is 16.1 Å². The molecule has 1 aliphatic rings. The molecule has 2 heterocycles. The fourth-order valence-electron chi connectivity index (χ4n) is 2.92. The fraction of sp³-hybridized carbons (Fsp3) is 0.786. The second-order valence-corrected chi connectivity index (χ2v) is 6.04. The minimum Gasteiger partial charge on any atom is -0.351 e. The summed E-state index contributed by atoms with van der Waals surface area (Å²) in [6.45, 7) is 8.31. The van der Waals surface area contributed by atoms with E-state index in [9.17, 15) is 10.1 Å². The van der Waals surface area contributed by atoms with E-state index in [1.54, 1.807) is 11.6 Å². The van der Waals surface area contributed by atoms with Crippen LogP contribution in [0.15, 0.2) is 0 Å². The van der Waals surface area contributed by atoms with Crippen LogP contribution in [0.25, 0.3) is 0 Å². The molecule has 1 saturated heterocycles. The first kappa shape index (κ1) is 15.8. The lowest BCUT2D eigenvalue weighted by Gasteiger charge is -2.39. The van der Waals surface area contributed by atoms with Crippen molar-refractivity contribution in [1.82, 2.24) is 15.1 Å². The van der Waals surface area contributed by atoms with Crippen LogP contribution in [-0.4, -0.2) is 40.4 Å². The average molecular weight is 295 g/mol. The molecule has 1 aromatic rings. The van der Waals surface area contributed by atoms with Gasteiger partial charge in [-0.15, -0.1) is 0 Å². The van der Waals surface area contributed by atoms with Crippen molar-refractivity contribution in [3.8, 4) is 0 Å². The monoisotopic (exact) mass is 295 g/mol. The number of nitro groups is 1. The van der Waals surface area contributed by atoms with Gasteiger partial charge in [-0.05, 0) is 40.2 Å². The molecule has 1 N–H and O–H groups in total. The highest BCUT2D eigenvalue weighted by Gasteiger charge is 2.34. The van der Waals surface area contributed by atoms with E-state index in [0.29, 0.717) is 18.1 Å². The maximum atomic E-state index is 11.4. The Kier molecular flexibility index (Phi) is 4.51. The summed E-state index contributed by atoms with van der Waals surface area (Å²) in [4.78, 5) is 13.2. The van der Waals surface area contributed by atoms with E-state index >= 15 is 0 Å². The van der Waals surface area contributed by atoms with E-state index in [4.69, 9.17) is 0 Å². The van der Waals surface area contributed by atoms with Crippen LogP contribution in [0.3, 0.4) is 0 Å². The van der Waals surface area contributed by atoms with Gasteiger partial charge in [0.2, 0.25) is 5.82 Å². The van der Waals surface area contributed by atoms with Crippen LogP contribution in [0, 0.1) is 17.0 Å². The van der Waals surface area contributed by atoms with Gasteiger partial charge < -0.3 is 10.2 Å². The summed E-state index contributed by atoms with van der Waals surface area (Å²) >= 11 is 0. The summed E-state index contributed by atoms with van der Waals surface area (Å²) in [5.74, 6) is 0.678. The van der Waals surface area contributed by atoms with E-state index in [1.165, 1.54) is 0 Å². The number of anilines is 1. The Hall–Kier alpha value is -1.63. The number of rotatable bonds is 5. The predicted octanol–water partition coefficient (Wildman–Crippen LogP) is 2.09. The molecule has 7 heteroatoms. The predicted molar refractivity (Wildman–Crippen MR) is 82.8 cm³/mol. The second-order valence-electron chi connectivity index (χ2n) is 6.04. The van der Waals surface area contributed by atoms with Crippen LogP contribution < -0.4 is 10.2 Å². The first-order valence-corrected chi connectivity index (χ1v) is 7.57. The van der Waals surface area contributed by atoms with Crippen molar-refractivity contribution in [3.05, 3.63) is 15.8 Å². The molecule has 0 amide bonds. The topological polar surface area (TPSA) is 76.2 Å². The zero-order valence-corrected chi connectivity index (χ0v) is 13.3. The molecule has 0 atom stereocenters. The van der Waals surface area contributed by atoms with Gasteiger partial charge in [0.05, 0.1) is 4.92 Å². The normalized spacial score (nSPS) is 18.0. The summed E-state index contributed by atoms with van der Waals surface area (Å²) in [5.41, 5.74) is 0.789. The van der Waals surface area contributed by atoms with E-state index in [0.717, 1.165) is 32.4 Å². The van der Waals surface area contributed by atoms with Gasteiger partial charge in [0.1, 0.15) is 5.69 Å². The maximum absolute atomic E-state index is 11.4. The molecule has 0 bridgehead atoms. The van der Waals surface area contributed by atoms with Gasteiger partial charge in [-0.25, -0.2) is 4.68 Å². The summed E-state index contributed by atoms with van der Waals surface area (Å²) in [6, 6.07) is 0. The van der Waals surface area contributed by atoms with Crippen LogP contribution in [0.5, 0.6) is 0 Å². The Bertz CT molecular complexity index is 518. The van der Waals surface area contributed by atoms with Crippen molar-refractivity contribution in [1.29, 1.82) is 0 Å². The highest BCUT2D eigenvalue weighted by molar-refractivity contribution is 5.61. The molecule has 0 spiro atoms. The molecule has 118 valence electrons. The molecule has 7 nitrogen and oxygen atoms in total. The summed E-state index contributed by atoms with van der Waals surface area (Å²) < 4.78 is 1.80. The van der Waals surface area contributed by atoms with Gasteiger partial charge >= 0.3 is 5.69 Å². The van der Waals surface area contributed by atoms with E-state index < -0.39 is 0 Å². The molecule has 2 rings (SSSR count). The number of nitrogens with zero attached hydrogens (tertiary/aromatic N) is 4. The van der Waals surface area contributed by atoms with Crippen molar-refractivity contribution < 1.29 is 4.92 Å². The summed E-state index contributed by atoms with van der Waals surface area (Å²) in [5, 5.41) is 19.1. The molecule has 0 radical (unpaired) electrons. The highest BCUT2D eigenvalue weighted by atomic mass is 16.6. The van der Waals surface area contributed by atoms with Crippen LogP contribution in [0.2, 0.25) is 0 Å². The third kappa shape index (κ3) is 3.02. The van der Waals surface area contributed by atoms with Gasteiger partial charge in [-0.2, -0.15) is 5.10 Å².